The van der Waals surface area contributed by atoms with Gasteiger partial charge in [0.1, 0.15) is 6.61 Å². The van der Waals surface area contributed by atoms with Gasteiger partial charge in [0.15, 0.2) is 0 Å². The molecule has 1 saturated carbocycles. The van der Waals surface area contributed by atoms with Crippen molar-refractivity contribution in [3.05, 3.63) is 59.7 Å². The molecule has 0 heterocycles. The molecule has 2 amide bonds. The Bertz CT molecular complexity index is 896. The number of amides is 2. The van der Waals surface area contributed by atoms with Crippen LogP contribution in [0.5, 0.6) is 0 Å². The van der Waals surface area contributed by atoms with Gasteiger partial charge in [-0.15, -0.1) is 0 Å². The van der Waals surface area contributed by atoms with Gasteiger partial charge in [-0.2, -0.15) is 0 Å². The number of carbonyl (C=O) groups is 2. The van der Waals surface area contributed by atoms with Crippen molar-refractivity contribution >= 4 is 23.4 Å². The van der Waals surface area contributed by atoms with Crippen molar-refractivity contribution in [1.82, 2.24) is 0 Å². The van der Waals surface area contributed by atoms with E-state index in [2.05, 4.69) is 55.7 Å². The molecule has 2 aromatic carbocycles. The molecule has 160 valence electrons. The molecule has 1 aliphatic rings. The van der Waals surface area contributed by atoms with Crippen molar-refractivity contribution in [3.63, 3.8) is 0 Å². The number of hydrogen-bond donors (Lipinski definition) is 2. The number of benzene rings is 2. The number of rotatable bonds is 7. The van der Waals surface area contributed by atoms with Crippen LogP contribution in [0.1, 0.15) is 44.7 Å². The highest BCUT2D eigenvalue weighted by Crippen LogP contribution is 2.49. The van der Waals surface area contributed by atoms with E-state index in [0.717, 1.165) is 18.4 Å². The molecular weight excluding hydrogens is 380 g/mol. The Kier molecular flexibility index (Phi) is 6.46. The summed E-state index contributed by atoms with van der Waals surface area (Å²) in [6.45, 7) is 7.04. The molecule has 0 aliphatic heterocycles. The molecule has 6 nitrogen and oxygen atoms in total. The lowest BCUT2D eigenvalue weighted by Crippen LogP contribution is -2.28. The fraction of sp³-hybridized carbons (Fsp3) is 0.417. The molecule has 0 aromatic heterocycles. The Morgan fingerprint density at radius 2 is 1.60 bits per heavy atom. The number of methoxy groups -OCH3 is 1. The largest absolute Gasteiger partial charge is 0.447 e. The van der Waals surface area contributed by atoms with E-state index in [9.17, 15) is 9.59 Å². The Balaban J connectivity index is 1.65. The molecule has 0 atom stereocenters. The van der Waals surface area contributed by atoms with Gasteiger partial charge in [0.05, 0.1) is 12.0 Å². The van der Waals surface area contributed by atoms with Crippen LogP contribution in [0.4, 0.5) is 16.2 Å². The highest BCUT2D eigenvalue weighted by molar-refractivity contribution is 6.01. The van der Waals surface area contributed by atoms with Crippen LogP contribution in [0, 0.1) is 0 Å². The van der Waals surface area contributed by atoms with E-state index in [4.69, 9.17) is 9.47 Å². The fourth-order valence-corrected chi connectivity index (χ4v) is 3.36. The van der Waals surface area contributed by atoms with E-state index in [1.165, 1.54) is 5.56 Å². The Labute approximate surface area is 178 Å². The van der Waals surface area contributed by atoms with Crippen LogP contribution < -0.4 is 10.6 Å². The summed E-state index contributed by atoms with van der Waals surface area (Å²) in [5, 5.41) is 5.66. The highest BCUT2D eigenvalue weighted by atomic mass is 16.6. The Hall–Kier alpha value is -2.86. The summed E-state index contributed by atoms with van der Waals surface area (Å²) < 4.78 is 9.85. The van der Waals surface area contributed by atoms with Crippen LogP contribution >= 0.6 is 0 Å². The first-order valence-corrected chi connectivity index (χ1v) is 10.2. The second-order valence-electron chi connectivity index (χ2n) is 8.70. The summed E-state index contributed by atoms with van der Waals surface area (Å²) in [5.74, 6) is -0.0224. The molecule has 0 radical (unpaired) electrons. The lowest BCUT2D eigenvalue weighted by atomic mass is 9.85. The number of hydrogen-bond acceptors (Lipinski definition) is 4. The van der Waals surface area contributed by atoms with Crippen molar-refractivity contribution in [1.29, 1.82) is 0 Å². The number of carbonyl (C=O) groups excluding carboxylic acids is 2. The molecule has 0 saturated heterocycles. The zero-order chi connectivity index (χ0) is 21.8. The van der Waals surface area contributed by atoms with Gasteiger partial charge in [0.25, 0.3) is 0 Å². The van der Waals surface area contributed by atoms with E-state index in [-0.39, 0.29) is 17.9 Å². The van der Waals surface area contributed by atoms with E-state index < -0.39 is 11.5 Å². The van der Waals surface area contributed by atoms with Gasteiger partial charge in [0.2, 0.25) is 5.91 Å². The maximum absolute atomic E-state index is 13.0. The summed E-state index contributed by atoms with van der Waals surface area (Å²) in [4.78, 5) is 24.8. The lowest BCUT2D eigenvalue weighted by Gasteiger charge is -2.21. The van der Waals surface area contributed by atoms with Crippen LogP contribution in [0.2, 0.25) is 0 Å². The average molecular weight is 411 g/mol. The maximum atomic E-state index is 13.0. The van der Waals surface area contributed by atoms with Crippen molar-refractivity contribution in [2.24, 2.45) is 0 Å². The Morgan fingerprint density at radius 3 is 2.17 bits per heavy atom. The zero-order valence-electron chi connectivity index (χ0n) is 18.1. The standard InChI is InChI=1S/C24H30N2O4/c1-23(2,3)17-8-10-18(11-9-17)24(12-13-24)21(27)25-19-6-5-7-20(16-19)26-22(28)30-15-14-29-4/h5-11,16H,12-15H2,1-4H3,(H,25,27)(H,26,28). The van der Waals surface area contributed by atoms with Gasteiger partial charge in [-0.3, -0.25) is 10.1 Å². The minimum Gasteiger partial charge on any atom is -0.447 e. The van der Waals surface area contributed by atoms with Crippen LogP contribution in [0.3, 0.4) is 0 Å². The molecule has 0 bridgehead atoms. The summed E-state index contributed by atoms with van der Waals surface area (Å²) in [6.07, 6.45) is 1.10. The Morgan fingerprint density at radius 1 is 0.967 bits per heavy atom. The normalized spacial score (nSPS) is 14.7. The molecular formula is C24H30N2O4. The van der Waals surface area contributed by atoms with Crippen LogP contribution in [0.25, 0.3) is 0 Å². The van der Waals surface area contributed by atoms with Gasteiger partial charge in [-0.1, -0.05) is 51.1 Å². The van der Waals surface area contributed by atoms with Crippen molar-refractivity contribution in [2.45, 2.75) is 44.4 Å². The van der Waals surface area contributed by atoms with Gasteiger partial charge < -0.3 is 14.8 Å². The van der Waals surface area contributed by atoms with E-state index in [1.807, 2.05) is 0 Å². The second kappa shape index (κ2) is 8.88. The summed E-state index contributed by atoms with van der Waals surface area (Å²) in [6, 6.07) is 15.4. The predicted octanol–water partition coefficient (Wildman–Crippen LogP) is 4.85. The average Bonchev–Trinajstić information content (AvgIpc) is 3.50. The van der Waals surface area contributed by atoms with Gasteiger partial charge >= 0.3 is 6.09 Å². The SMILES string of the molecule is COCCOC(=O)Nc1cccc(NC(=O)C2(c3ccc(C(C)(C)C)cc3)CC2)c1. The summed E-state index contributed by atoms with van der Waals surface area (Å²) >= 11 is 0. The first kappa shape index (κ1) is 21.8. The minimum absolute atomic E-state index is 0.0224. The smallest absolute Gasteiger partial charge is 0.411 e. The topological polar surface area (TPSA) is 76.7 Å². The number of nitrogens with one attached hydrogen (secondary N) is 2. The molecule has 0 spiro atoms. The van der Waals surface area contributed by atoms with Gasteiger partial charge in [-0.25, -0.2) is 4.79 Å². The molecule has 0 unspecified atom stereocenters. The molecule has 2 aromatic rings. The van der Waals surface area contributed by atoms with Crippen molar-refractivity contribution < 1.29 is 19.1 Å². The molecule has 1 aliphatic carbocycles. The highest BCUT2D eigenvalue weighted by Gasteiger charge is 2.51. The number of ether oxygens (including phenoxy) is 2. The molecule has 30 heavy (non-hydrogen) atoms. The summed E-state index contributed by atoms with van der Waals surface area (Å²) in [7, 11) is 1.54. The van der Waals surface area contributed by atoms with Crippen LogP contribution in [-0.2, 0) is 25.1 Å². The predicted molar refractivity (Wildman–Crippen MR) is 118 cm³/mol. The van der Waals surface area contributed by atoms with E-state index >= 15 is 0 Å². The lowest BCUT2D eigenvalue weighted by molar-refractivity contribution is -0.118. The maximum Gasteiger partial charge on any atom is 0.411 e. The van der Waals surface area contributed by atoms with Crippen molar-refractivity contribution in [2.75, 3.05) is 31.0 Å². The number of anilines is 2. The van der Waals surface area contributed by atoms with E-state index in [1.54, 1.807) is 31.4 Å². The quantitative estimate of drug-likeness (QED) is 0.640. The minimum atomic E-state index is -0.562. The molecule has 2 N–H and O–H groups in total. The fourth-order valence-electron chi connectivity index (χ4n) is 3.36. The van der Waals surface area contributed by atoms with Crippen molar-refractivity contribution in [3.8, 4) is 0 Å². The molecule has 3 rings (SSSR count). The first-order chi connectivity index (χ1) is 14.2. The summed E-state index contributed by atoms with van der Waals surface area (Å²) in [5.41, 5.74) is 3.08. The van der Waals surface area contributed by atoms with Gasteiger partial charge in [0, 0.05) is 18.5 Å². The molecule has 6 heteroatoms. The van der Waals surface area contributed by atoms with Crippen LogP contribution in [0.15, 0.2) is 48.5 Å². The van der Waals surface area contributed by atoms with Crippen LogP contribution in [-0.4, -0.2) is 32.3 Å². The zero-order valence-corrected chi connectivity index (χ0v) is 18.1. The van der Waals surface area contributed by atoms with Gasteiger partial charge in [-0.05, 0) is 47.6 Å². The third kappa shape index (κ3) is 5.19. The third-order valence-electron chi connectivity index (χ3n) is 5.38. The van der Waals surface area contributed by atoms with E-state index in [0.29, 0.717) is 18.0 Å². The molecule has 1 fully saturated rings. The monoisotopic (exact) mass is 410 g/mol. The third-order valence-corrected chi connectivity index (χ3v) is 5.38. The second-order valence-corrected chi connectivity index (χ2v) is 8.70. The first-order valence-electron chi connectivity index (χ1n) is 10.2.